The number of anilines is 1. The average Bonchev–Trinajstić information content (AvgIpc) is 3.40. The second-order valence-electron chi connectivity index (χ2n) is 8.81. The van der Waals surface area contributed by atoms with Gasteiger partial charge in [-0.2, -0.15) is 4.31 Å². The molecule has 2 aromatic carbocycles. The molecule has 0 unspecified atom stereocenters. The van der Waals surface area contributed by atoms with E-state index in [0.29, 0.717) is 47.2 Å². The molecule has 6 nitrogen and oxygen atoms in total. The molecule has 3 aliphatic heterocycles. The van der Waals surface area contributed by atoms with Crippen LogP contribution in [0.1, 0.15) is 12.8 Å². The van der Waals surface area contributed by atoms with Gasteiger partial charge >= 0.3 is 0 Å². The van der Waals surface area contributed by atoms with E-state index >= 15 is 4.39 Å². The first-order chi connectivity index (χ1) is 15.0. The summed E-state index contributed by atoms with van der Waals surface area (Å²) < 4.78 is 43.0. The van der Waals surface area contributed by atoms with Gasteiger partial charge in [-0.1, -0.05) is 12.1 Å². The third-order valence-electron chi connectivity index (χ3n) is 7.04. The van der Waals surface area contributed by atoms with Crippen molar-refractivity contribution in [2.24, 2.45) is 5.92 Å². The van der Waals surface area contributed by atoms with Gasteiger partial charge in [0.25, 0.3) is 0 Å². The van der Waals surface area contributed by atoms with Crippen LogP contribution in [0.4, 0.5) is 10.1 Å². The minimum absolute atomic E-state index is 0.224. The Labute approximate surface area is 181 Å². The normalized spacial score (nSPS) is 24.0. The van der Waals surface area contributed by atoms with Crippen molar-refractivity contribution in [3.05, 3.63) is 48.3 Å². The molecular weight excluding hydrogens is 415 g/mol. The van der Waals surface area contributed by atoms with E-state index in [2.05, 4.69) is 15.2 Å². The molecule has 4 heterocycles. The van der Waals surface area contributed by atoms with Crippen molar-refractivity contribution in [1.82, 2.24) is 14.6 Å². The van der Waals surface area contributed by atoms with Crippen molar-refractivity contribution in [1.29, 1.82) is 0 Å². The molecule has 1 aromatic heterocycles. The molecule has 2 N–H and O–H groups in total. The number of para-hydroxylation sites is 1. The van der Waals surface area contributed by atoms with Gasteiger partial charge in [0.1, 0.15) is 0 Å². The third-order valence-corrected chi connectivity index (χ3v) is 8.93. The van der Waals surface area contributed by atoms with Gasteiger partial charge in [0.05, 0.1) is 10.6 Å². The van der Waals surface area contributed by atoms with Gasteiger partial charge < -0.3 is 15.2 Å². The topological polar surface area (TPSA) is 68.4 Å². The zero-order valence-electron chi connectivity index (χ0n) is 17.1. The number of aromatic nitrogens is 1. The van der Waals surface area contributed by atoms with Crippen LogP contribution in [0.25, 0.3) is 22.2 Å². The summed E-state index contributed by atoms with van der Waals surface area (Å²) in [6, 6.07) is 12.9. The first-order valence-corrected chi connectivity index (χ1v) is 12.4. The lowest BCUT2D eigenvalue weighted by atomic mass is 10.1. The Kier molecular flexibility index (Phi) is 4.38. The predicted molar refractivity (Wildman–Crippen MR) is 119 cm³/mol. The van der Waals surface area contributed by atoms with Crippen LogP contribution < -0.4 is 10.2 Å². The smallest absolute Gasteiger partial charge is 0.243 e. The molecule has 0 spiro atoms. The van der Waals surface area contributed by atoms with Gasteiger partial charge in [-0.15, -0.1) is 0 Å². The molecule has 3 aromatic rings. The van der Waals surface area contributed by atoms with Crippen LogP contribution in [0.3, 0.4) is 0 Å². The molecule has 0 radical (unpaired) electrons. The fraction of sp³-hybridized carbons (Fsp3) is 0.391. The number of benzene rings is 2. The predicted octanol–water partition coefficient (Wildman–Crippen LogP) is 3.17. The zero-order valence-corrected chi connectivity index (χ0v) is 18.0. The minimum atomic E-state index is -3.56. The van der Waals surface area contributed by atoms with Gasteiger partial charge in [-0.3, -0.25) is 0 Å². The van der Waals surface area contributed by atoms with Gasteiger partial charge in [0.2, 0.25) is 10.0 Å². The highest BCUT2D eigenvalue weighted by molar-refractivity contribution is 7.89. The molecule has 0 amide bonds. The fourth-order valence-corrected chi connectivity index (χ4v) is 6.71. The van der Waals surface area contributed by atoms with Crippen molar-refractivity contribution >= 4 is 26.6 Å². The highest BCUT2D eigenvalue weighted by atomic mass is 32.2. The molecule has 3 fully saturated rings. The molecule has 31 heavy (non-hydrogen) atoms. The van der Waals surface area contributed by atoms with E-state index < -0.39 is 10.0 Å². The lowest BCUT2D eigenvalue weighted by molar-refractivity contribution is 0.309. The number of hydrogen-bond donors (Lipinski definition) is 2. The van der Waals surface area contributed by atoms with Gasteiger partial charge in [-0.05, 0) is 55.6 Å². The molecule has 0 saturated carbocycles. The van der Waals surface area contributed by atoms with Crippen LogP contribution in [-0.2, 0) is 10.0 Å². The minimum Gasteiger partial charge on any atom is -0.369 e. The summed E-state index contributed by atoms with van der Waals surface area (Å²) in [5, 5.41) is 4.06. The highest BCUT2D eigenvalue weighted by Gasteiger charge is 2.37. The summed E-state index contributed by atoms with van der Waals surface area (Å²) in [7, 11) is -3.56. The quantitative estimate of drug-likeness (QED) is 0.654. The monoisotopic (exact) mass is 440 g/mol. The number of nitrogens with one attached hydrogen (secondary N) is 2. The molecule has 0 bridgehead atoms. The molecule has 3 aliphatic rings. The van der Waals surface area contributed by atoms with Crippen molar-refractivity contribution in [3.63, 3.8) is 0 Å². The van der Waals surface area contributed by atoms with Crippen molar-refractivity contribution in [3.8, 4) is 11.3 Å². The highest BCUT2D eigenvalue weighted by Crippen LogP contribution is 2.40. The van der Waals surface area contributed by atoms with Gasteiger partial charge in [0, 0.05) is 54.4 Å². The number of rotatable bonds is 4. The van der Waals surface area contributed by atoms with Crippen LogP contribution in [0.15, 0.2) is 47.4 Å². The number of fused-ring (bicyclic) bond motifs is 2. The third kappa shape index (κ3) is 3.00. The van der Waals surface area contributed by atoms with Crippen molar-refractivity contribution < 1.29 is 12.8 Å². The summed E-state index contributed by atoms with van der Waals surface area (Å²) in [6.45, 7) is 3.87. The molecule has 8 heteroatoms. The summed E-state index contributed by atoms with van der Waals surface area (Å²) in [5.41, 5.74) is 2.54. The van der Waals surface area contributed by atoms with Gasteiger partial charge in [0.15, 0.2) is 5.82 Å². The molecular formula is C23H25FN4O2S. The van der Waals surface area contributed by atoms with E-state index in [4.69, 9.17) is 0 Å². The van der Waals surface area contributed by atoms with Crippen LogP contribution >= 0.6 is 0 Å². The Hall–Kier alpha value is -2.42. The Bertz CT molecular complexity index is 1260. The van der Waals surface area contributed by atoms with Crippen LogP contribution in [-0.4, -0.2) is 56.5 Å². The first-order valence-electron chi connectivity index (χ1n) is 10.9. The van der Waals surface area contributed by atoms with Crippen molar-refractivity contribution in [2.75, 3.05) is 37.6 Å². The number of H-pyrrole nitrogens is 1. The van der Waals surface area contributed by atoms with Gasteiger partial charge in [-0.25, -0.2) is 12.8 Å². The fourth-order valence-electron chi connectivity index (χ4n) is 5.17. The Balaban J connectivity index is 1.50. The van der Waals surface area contributed by atoms with Crippen molar-refractivity contribution in [2.45, 2.75) is 23.8 Å². The van der Waals surface area contributed by atoms with E-state index in [1.165, 1.54) is 4.31 Å². The second kappa shape index (κ2) is 7.05. The molecule has 2 atom stereocenters. The SMILES string of the molecule is O=S(=O)(c1ccc(N2C[C@H]3CCN[C@H]3C2)c(-c2[nH]c3ccccc3c2F)c1)N1CCC1. The van der Waals surface area contributed by atoms with E-state index in [1.807, 2.05) is 24.3 Å². The zero-order chi connectivity index (χ0) is 21.2. The number of aromatic amines is 1. The van der Waals surface area contributed by atoms with E-state index in [9.17, 15) is 8.42 Å². The number of sulfonamides is 1. The average molecular weight is 441 g/mol. The first kappa shape index (κ1) is 19.3. The summed E-state index contributed by atoms with van der Waals surface area (Å²) in [4.78, 5) is 5.69. The Morgan fingerprint density at radius 3 is 2.65 bits per heavy atom. The maximum Gasteiger partial charge on any atom is 0.243 e. The second-order valence-corrected chi connectivity index (χ2v) is 10.7. The Morgan fingerprint density at radius 2 is 1.90 bits per heavy atom. The van der Waals surface area contributed by atoms with Crippen LogP contribution in [0.2, 0.25) is 0 Å². The largest absolute Gasteiger partial charge is 0.369 e. The summed E-state index contributed by atoms with van der Waals surface area (Å²) in [5.74, 6) is 0.234. The van der Waals surface area contributed by atoms with E-state index in [-0.39, 0.29) is 10.7 Å². The lowest BCUT2D eigenvalue weighted by Crippen LogP contribution is -2.41. The Morgan fingerprint density at radius 1 is 1.06 bits per heavy atom. The summed E-state index contributed by atoms with van der Waals surface area (Å²) in [6.07, 6.45) is 2.02. The lowest BCUT2D eigenvalue weighted by Gasteiger charge is -2.30. The maximum absolute atomic E-state index is 15.5. The van der Waals surface area contributed by atoms with Crippen LogP contribution in [0, 0.1) is 11.7 Å². The molecule has 162 valence electrons. The number of halogens is 1. The maximum atomic E-state index is 15.5. The number of nitrogens with zero attached hydrogens (tertiary/aromatic N) is 2. The standard InChI is InChI=1S/C23H25FN4O2S/c24-22-17-4-1-2-5-19(17)26-23(22)18-12-16(31(29,30)28-10-3-11-28)6-7-21(18)27-13-15-8-9-25-20(15)14-27/h1-2,4-7,12,15,20,25-26H,3,8-11,13-14H2/t15-,20+/m1/s1. The molecule has 6 rings (SSSR count). The van der Waals surface area contributed by atoms with E-state index in [0.717, 1.165) is 38.2 Å². The number of hydrogen-bond acceptors (Lipinski definition) is 4. The van der Waals surface area contributed by atoms with E-state index in [1.54, 1.807) is 18.2 Å². The van der Waals surface area contributed by atoms with Crippen LogP contribution in [0.5, 0.6) is 0 Å². The molecule has 3 saturated heterocycles. The molecule has 0 aliphatic carbocycles. The summed E-state index contributed by atoms with van der Waals surface area (Å²) >= 11 is 0.